The predicted octanol–water partition coefficient (Wildman–Crippen LogP) is 3.27. The Morgan fingerprint density at radius 3 is 2.57 bits per heavy atom. The summed E-state index contributed by atoms with van der Waals surface area (Å²) in [7, 11) is 1.42. The largest absolute Gasteiger partial charge is 0.497 e. The van der Waals surface area contributed by atoms with Crippen LogP contribution in [0.3, 0.4) is 0 Å². The van der Waals surface area contributed by atoms with Crippen LogP contribution in [0, 0.1) is 0 Å². The van der Waals surface area contributed by atoms with Gasteiger partial charge in [-0.05, 0) is 44.1 Å². The number of esters is 1. The van der Waals surface area contributed by atoms with Crippen LogP contribution in [0.1, 0.15) is 29.6 Å². The number of piperidine rings is 1. The molecule has 0 spiro atoms. The van der Waals surface area contributed by atoms with Gasteiger partial charge in [-0.15, -0.1) is 0 Å². The molecule has 0 amide bonds. The lowest BCUT2D eigenvalue weighted by molar-refractivity contribution is -0.209. The van der Waals surface area contributed by atoms with Crippen LogP contribution in [0.5, 0.6) is 5.75 Å². The summed E-state index contributed by atoms with van der Waals surface area (Å²) >= 11 is 0. The third kappa shape index (κ3) is 5.13. The van der Waals surface area contributed by atoms with E-state index in [0.29, 0.717) is 18.8 Å². The Balaban J connectivity index is 2.05. The van der Waals surface area contributed by atoms with Gasteiger partial charge in [0.1, 0.15) is 5.75 Å². The molecule has 1 saturated heterocycles. The van der Waals surface area contributed by atoms with Gasteiger partial charge in [-0.25, -0.2) is 4.79 Å². The molecule has 1 aliphatic heterocycles. The molecule has 128 valence electrons. The summed E-state index contributed by atoms with van der Waals surface area (Å²) in [6, 6.07) is 5.89. The monoisotopic (exact) mass is 331 g/mol. The SMILES string of the molecule is COc1cccc(C(=O)OC(CN2CCCCC2)C(F)(F)F)c1. The second kappa shape index (κ2) is 7.68. The summed E-state index contributed by atoms with van der Waals surface area (Å²) in [4.78, 5) is 13.7. The van der Waals surface area contributed by atoms with Crippen LogP contribution in [-0.2, 0) is 4.74 Å². The first kappa shape index (κ1) is 17.6. The van der Waals surface area contributed by atoms with E-state index in [9.17, 15) is 18.0 Å². The van der Waals surface area contributed by atoms with Crippen molar-refractivity contribution in [3.8, 4) is 5.75 Å². The third-order valence-electron chi connectivity index (χ3n) is 3.79. The van der Waals surface area contributed by atoms with Crippen molar-refractivity contribution >= 4 is 5.97 Å². The van der Waals surface area contributed by atoms with Gasteiger partial charge >= 0.3 is 12.1 Å². The maximum Gasteiger partial charge on any atom is 0.426 e. The van der Waals surface area contributed by atoms with Gasteiger partial charge in [-0.1, -0.05) is 12.5 Å². The summed E-state index contributed by atoms with van der Waals surface area (Å²) in [6.45, 7) is 0.881. The Labute approximate surface area is 133 Å². The molecule has 0 aliphatic carbocycles. The number of nitrogens with zero attached hydrogens (tertiary/aromatic N) is 1. The molecule has 4 nitrogen and oxygen atoms in total. The Morgan fingerprint density at radius 2 is 1.96 bits per heavy atom. The van der Waals surface area contributed by atoms with Gasteiger partial charge in [0.25, 0.3) is 0 Å². The molecule has 1 aromatic rings. The number of halogens is 3. The highest BCUT2D eigenvalue weighted by Gasteiger charge is 2.44. The minimum Gasteiger partial charge on any atom is -0.497 e. The number of carbonyl (C=O) groups is 1. The van der Waals surface area contributed by atoms with Crippen LogP contribution in [0.25, 0.3) is 0 Å². The number of alkyl halides is 3. The maximum absolute atomic E-state index is 13.2. The summed E-state index contributed by atoms with van der Waals surface area (Å²) in [5, 5.41) is 0. The molecule has 0 bridgehead atoms. The second-order valence-corrected chi connectivity index (χ2v) is 5.53. The molecule has 0 N–H and O–H groups in total. The molecule has 1 aromatic carbocycles. The van der Waals surface area contributed by atoms with E-state index >= 15 is 0 Å². The van der Waals surface area contributed by atoms with Gasteiger partial charge in [0.15, 0.2) is 0 Å². The first-order valence-corrected chi connectivity index (χ1v) is 7.54. The topological polar surface area (TPSA) is 38.8 Å². The van der Waals surface area contributed by atoms with Crippen molar-refractivity contribution in [3.63, 3.8) is 0 Å². The number of methoxy groups -OCH3 is 1. The number of ether oxygens (including phenoxy) is 2. The van der Waals surface area contributed by atoms with Gasteiger partial charge in [0, 0.05) is 6.54 Å². The van der Waals surface area contributed by atoms with E-state index < -0.39 is 18.2 Å². The molecule has 1 aliphatic rings. The Morgan fingerprint density at radius 1 is 1.26 bits per heavy atom. The second-order valence-electron chi connectivity index (χ2n) is 5.53. The van der Waals surface area contributed by atoms with Crippen LogP contribution in [-0.4, -0.2) is 49.9 Å². The number of carbonyl (C=O) groups excluding carboxylic acids is 1. The number of hydrogen-bond donors (Lipinski definition) is 0. The van der Waals surface area contributed by atoms with E-state index in [4.69, 9.17) is 9.47 Å². The smallest absolute Gasteiger partial charge is 0.426 e. The summed E-state index contributed by atoms with van der Waals surface area (Å²) < 4.78 is 49.2. The molecular weight excluding hydrogens is 311 g/mol. The van der Waals surface area contributed by atoms with Gasteiger partial charge in [0.05, 0.1) is 12.7 Å². The normalized spacial score (nSPS) is 17.6. The van der Waals surface area contributed by atoms with Crippen molar-refractivity contribution in [2.75, 3.05) is 26.7 Å². The lowest BCUT2D eigenvalue weighted by Crippen LogP contribution is -2.45. The molecule has 1 unspecified atom stereocenters. The number of hydrogen-bond acceptors (Lipinski definition) is 4. The summed E-state index contributed by atoms with van der Waals surface area (Å²) in [5.74, 6) is -0.609. The van der Waals surface area contributed by atoms with Crippen LogP contribution >= 0.6 is 0 Å². The van der Waals surface area contributed by atoms with Crippen molar-refractivity contribution in [3.05, 3.63) is 29.8 Å². The van der Waals surface area contributed by atoms with Crippen LogP contribution < -0.4 is 4.74 Å². The first-order chi connectivity index (χ1) is 10.9. The quantitative estimate of drug-likeness (QED) is 0.776. The molecule has 1 heterocycles. The zero-order valence-electron chi connectivity index (χ0n) is 12.9. The van der Waals surface area contributed by atoms with Crippen LogP contribution in [0.2, 0.25) is 0 Å². The number of rotatable bonds is 5. The fourth-order valence-corrected chi connectivity index (χ4v) is 2.53. The van der Waals surface area contributed by atoms with Crippen molar-refractivity contribution in [2.24, 2.45) is 0 Å². The number of likely N-dealkylation sites (tertiary alicyclic amines) is 1. The zero-order valence-corrected chi connectivity index (χ0v) is 12.9. The van der Waals surface area contributed by atoms with E-state index in [1.165, 1.54) is 25.3 Å². The highest BCUT2D eigenvalue weighted by molar-refractivity contribution is 5.90. The fourth-order valence-electron chi connectivity index (χ4n) is 2.53. The van der Waals surface area contributed by atoms with Gasteiger partial charge in [-0.2, -0.15) is 13.2 Å². The maximum atomic E-state index is 13.2. The average molecular weight is 331 g/mol. The summed E-state index contributed by atoms with van der Waals surface area (Å²) in [6.07, 6.45) is -3.95. The van der Waals surface area contributed by atoms with Crippen molar-refractivity contribution < 1.29 is 27.4 Å². The van der Waals surface area contributed by atoms with Crippen LogP contribution in [0.15, 0.2) is 24.3 Å². The Hall–Kier alpha value is -1.76. The van der Waals surface area contributed by atoms with E-state index in [1.807, 2.05) is 0 Å². The predicted molar refractivity (Wildman–Crippen MR) is 78.5 cm³/mol. The highest BCUT2D eigenvalue weighted by atomic mass is 19.4. The lowest BCUT2D eigenvalue weighted by Gasteiger charge is -2.31. The van der Waals surface area contributed by atoms with Crippen molar-refractivity contribution in [2.45, 2.75) is 31.5 Å². The molecule has 0 saturated carbocycles. The van der Waals surface area contributed by atoms with Gasteiger partial charge < -0.3 is 9.47 Å². The average Bonchev–Trinajstić information content (AvgIpc) is 2.54. The van der Waals surface area contributed by atoms with E-state index in [-0.39, 0.29) is 12.1 Å². The first-order valence-electron chi connectivity index (χ1n) is 7.54. The van der Waals surface area contributed by atoms with Crippen LogP contribution in [0.4, 0.5) is 13.2 Å². The standard InChI is InChI=1S/C16H20F3NO3/c1-22-13-7-5-6-12(10-13)15(21)23-14(16(17,18)19)11-20-8-3-2-4-9-20/h5-7,10,14H,2-4,8-9,11H2,1H3. The molecule has 0 radical (unpaired) electrons. The fraction of sp³-hybridized carbons (Fsp3) is 0.562. The third-order valence-corrected chi connectivity index (χ3v) is 3.79. The number of benzene rings is 1. The Kier molecular flexibility index (Phi) is 5.87. The van der Waals surface area contributed by atoms with Gasteiger partial charge in [0.2, 0.25) is 6.10 Å². The minimum atomic E-state index is -4.59. The minimum absolute atomic E-state index is 0.0391. The lowest BCUT2D eigenvalue weighted by atomic mass is 10.1. The molecule has 0 aromatic heterocycles. The van der Waals surface area contributed by atoms with Gasteiger partial charge in [-0.3, -0.25) is 4.90 Å². The van der Waals surface area contributed by atoms with E-state index in [1.54, 1.807) is 11.0 Å². The Bertz CT molecular complexity index is 528. The highest BCUT2D eigenvalue weighted by Crippen LogP contribution is 2.26. The molecule has 1 atom stereocenters. The summed E-state index contributed by atoms with van der Waals surface area (Å²) in [5.41, 5.74) is 0.0391. The molecule has 23 heavy (non-hydrogen) atoms. The molecule has 7 heteroatoms. The molecule has 2 rings (SSSR count). The zero-order chi connectivity index (χ0) is 16.9. The van der Waals surface area contributed by atoms with Crippen molar-refractivity contribution in [1.82, 2.24) is 4.90 Å². The molecular formula is C16H20F3NO3. The van der Waals surface area contributed by atoms with E-state index in [2.05, 4.69) is 0 Å². The molecule has 1 fully saturated rings. The van der Waals surface area contributed by atoms with E-state index in [0.717, 1.165) is 19.3 Å². The van der Waals surface area contributed by atoms with Crippen molar-refractivity contribution in [1.29, 1.82) is 0 Å².